The Morgan fingerprint density at radius 1 is 1.20 bits per heavy atom. The molecule has 0 bridgehead atoms. The molecule has 0 radical (unpaired) electrons. The fraction of sp³-hybridized carbons (Fsp3) is 0.333. The van der Waals surface area contributed by atoms with Gasteiger partial charge >= 0.3 is 0 Å². The lowest BCUT2D eigenvalue weighted by molar-refractivity contribution is -0.117. The summed E-state index contributed by atoms with van der Waals surface area (Å²) in [5, 5.41) is 8.56. The molecule has 2 aromatic heterocycles. The lowest BCUT2D eigenvalue weighted by Gasteiger charge is -2.19. The average Bonchev–Trinajstić information content (AvgIpc) is 3.22. The first-order valence-corrected chi connectivity index (χ1v) is 8.43. The SMILES string of the molecule is C[C@H](Nc1ncnc2c1cnn2C)c1ccc(N2CCCC2=O)cc1. The summed E-state index contributed by atoms with van der Waals surface area (Å²) < 4.78 is 1.73. The number of fused-ring (bicyclic) bond motifs is 1. The molecule has 1 aliphatic heterocycles. The second kappa shape index (κ2) is 6.16. The van der Waals surface area contributed by atoms with Crippen LogP contribution in [0.3, 0.4) is 0 Å². The zero-order valence-electron chi connectivity index (χ0n) is 14.3. The Balaban J connectivity index is 1.54. The van der Waals surface area contributed by atoms with Crippen LogP contribution < -0.4 is 10.2 Å². The molecule has 1 atom stereocenters. The van der Waals surface area contributed by atoms with Crippen molar-refractivity contribution in [3.8, 4) is 0 Å². The van der Waals surface area contributed by atoms with Crippen molar-refractivity contribution >= 4 is 28.4 Å². The van der Waals surface area contributed by atoms with E-state index >= 15 is 0 Å². The lowest BCUT2D eigenvalue weighted by atomic mass is 10.1. The molecule has 1 amide bonds. The Morgan fingerprint density at radius 2 is 2.00 bits per heavy atom. The average molecular weight is 336 g/mol. The number of nitrogens with one attached hydrogen (secondary N) is 1. The molecule has 1 aliphatic rings. The van der Waals surface area contributed by atoms with Gasteiger partial charge in [-0.25, -0.2) is 9.97 Å². The number of carbonyl (C=O) groups excluding carboxylic acids is 1. The normalized spacial score (nSPS) is 15.8. The minimum absolute atomic E-state index is 0.0710. The van der Waals surface area contributed by atoms with Gasteiger partial charge in [0.05, 0.1) is 11.6 Å². The molecule has 0 spiro atoms. The number of hydrogen-bond acceptors (Lipinski definition) is 5. The number of rotatable bonds is 4. The van der Waals surface area contributed by atoms with Crippen LogP contribution in [0.25, 0.3) is 11.0 Å². The highest BCUT2D eigenvalue weighted by Gasteiger charge is 2.21. The number of carbonyl (C=O) groups is 1. The maximum absolute atomic E-state index is 11.9. The van der Waals surface area contributed by atoms with E-state index in [1.54, 1.807) is 17.2 Å². The third-order valence-electron chi connectivity index (χ3n) is 4.66. The van der Waals surface area contributed by atoms with Crippen molar-refractivity contribution in [1.82, 2.24) is 19.7 Å². The summed E-state index contributed by atoms with van der Waals surface area (Å²) in [5.41, 5.74) is 2.90. The van der Waals surface area contributed by atoms with Crippen molar-refractivity contribution < 1.29 is 4.79 Å². The van der Waals surface area contributed by atoms with Crippen molar-refractivity contribution in [2.45, 2.75) is 25.8 Å². The number of amides is 1. The Morgan fingerprint density at radius 3 is 2.72 bits per heavy atom. The van der Waals surface area contributed by atoms with Gasteiger partial charge in [0.25, 0.3) is 0 Å². The molecule has 4 rings (SSSR count). The quantitative estimate of drug-likeness (QED) is 0.793. The second-order valence-electron chi connectivity index (χ2n) is 6.33. The van der Waals surface area contributed by atoms with Crippen LogP contribution in [0, 0.1) is 0 Å². The molecular formula is C18H20N6O. The highest BCUT2D eigenvalue weighted by molar-refractivity contribution is 5.95. The number of aryl methyl sites for hydroxylation is 1. The molecule has 1 fully saturated rings. The van der Waals surface area contributed by atoms with Crippen LogP contribution in [0.4, 0.5) is 11.5 Å². The summed E-state index contributed by atoms with van der Waals surface area (Å²) >= 11 is 0. The van der Waals surface area contributed by atoms with Crippen molar-refractivity contribution in [3.05, 3.63) is 42.4 Å². The molecule has 0 aliphatic carbocycles. The first kappa shape index (κ1) is 15.6. The van der Waals surface area contributed by atoms with Gasteiger partial charge in [-0.1, -0.05) is 12.1 Å². The van der Waals surface area contributed by atoms with E-state index in [-0.39, 0.29) is 11.9 Å². The Labute approximate surface area is 145 Å². The number of aromatic nitrogens is 4. The summed E-state index contributed by atoms with van der Waals surface area (Å²) in [5.74, 6) is 0.975. The van der Waals surface area contributed by atoms with E-state index in [0.717, 1.165) is 41.1 Å². The zero-order valence-corrected chi connectivity index (χ0v) is 14.3. The monoisotopic (exact) mass is 336 g/mol. The van der Waals surface area contributed by atoms with Crippen LogP contribution in [0.1, 0.15) is 31.4 Å². The van der Waals surface area contributed by atoms with E-state index in [0.29, 0.717) is 6.42 Å². The van der Waals surface area contributed by atoms with Crippen LogP contribution >= 0.6 is 0 Å². The Hall–Kier alpha value is -2.96. The van der Waals surface area contributed by atoms with E-state index in [2.05, 4.69) is 39.4 Å². The van der Waals surface area contributed by atoms with E-state index in [1.807, 2.05) is 24.1 Å². The zero-order chi connectivity index (χ0) is 17.4. The van der Waals surface area contributed by atoms with E-state index in [4.69, 9.17) is 0 Å². The van der Waals surface area contributed by atoms with Crippen LogP contribution in [0.15, 0.2) is 36.8 Å². The Kier molecular flexibility index (Phi) is 3.83. The summed E-state index contributed by atoms with van der Waals surface area (Å²) in [6.45, 7) is 2.90. The fourth-order valence-corrected chi connectivity index (χ4v) is 3.23. The van der Waals surface area contributed by atoms with Crippen molar-refractivity contribution in [3.63, 3.8) is 0 Å². The molecule has 25 heavy (non-hydrogen) atoms. The topological polar surface area (TPSA) is 75.9 Å². The molecule has 0 unspecified atom stereocenters. The van der Waals surface area contributed by atoms with Gasteiger partial charge in [-0.3, -0.25) is 9.48 Å². The third kappa shape index (κ3) is 2.82. The van der Waals surface area contributed by atoms with Gasteiger partial charge in [0.1, 0.15) is 12.1 Å². The Bertz CT molecular complexity index is 917. The summed E-state index contributed by atoms with van der Waals surface area (Å²) in [6, 6.07) is 8.20. The van der Waals surface area contributed by atoms with Gasteiger partial charge in [-0.05, 0) is 31.0 Å². The maximum Gasteiger partial charge on any atom is 0.227 e. The highest BCUT2D eigenvalue weighted by Crippen LogP contribution is 2.26. The molecule has 0 saturated carbocycles. The minimum atomic E-state index is 0.0710. The number of hydrogen-bond donors (Lipinski definition) is 1. The van der Waals surface area contributed by atoms with Crippen LogP contribution in [0.5, 0.6) is 0 Å². The highest BCUT2D eigenvalue weighted by atomic mass is 16.2. The molecule has 1 N–H and O–H groups in total. The smallest absolute Gasteiger partial charge is 0.227 e. The molecular weight excluding hydrogens is 316 g/mol. The van der Waals surface area contributed by atoms with Gasteiger partial charge in [-0.2, -0.15) is 5.10 Å². The summed E-state index contributed by atoms with van der Waals surface area (Å²) in [6.07, 6.45) is 4.90. The summed E-state index contributed by atoms with van der Waals surface area (Å²) in [4.78, 5) is 22.3. The molecule has 3 heterocycles. The fourth-order valence-electron chi connectivity index (χ4n) is 3.23. The van der Waals surface area contributed by atoms with Crippen molar-refractivity contribution in [2.24, 2.45) is 7.05 Å². The molecule has 128 valence electrons. The second-order valence-corrected chi connectivity index (χ2v) is 6.33. The molecule has 7 heteroatoms. The van der Waals surface area contributed by atoms with Crippen molar-refractivity contribution in [2.75, 3.05) is 16.8 Å². The van der Waals surface area contributed by atoms with Crippen LogP contribution in [-0.2, 0) is 11.8 Å². The lowest BCUT2D eigenvalue weighted by Crippen LogP contribution is -2.23. The number of benzene rings is 1. The maximum atomic E-state index is 11.9. The molecule has 3 aromatic rings. The van der Waals surface area contributed by atoms with Gasteiger partial charge in [0.15, 0.2) is 5.65 Å². The van der Waals surface area contributed by atoms with E-state index in [1.165, 1.54) is 0 Å². The standard InChI is InChI=1S/C18H20N6O/c1-12(22-17-15-10-21-23(2)18(15)20-11-19-17)13-5-7-14(8-6-13)24-9-3-4-16(24)25/h5-8,10-12H,3-4,9H2,1-2H3,(H,19,20,22)/t12-/m0/s1. The van der Waals surface area contributed by atoms with Gasteiger partial charge in [0.2, 0.25) is 5.91 Å². The summed E-state index contributed by atoms with van der Waals surface area (Å²) in [7, 11) is 1.86. The van der Waals surface area contributed by atoms with E-state index in [9.17, 15) is 4.79 Å². The van der Waals surface area contributed by atoms with Gasteiger partial charge in [-0.15, -0.1) is 0 Å². The molecule has 1 saturated heterocycles. The van der Waals surface area contributed by atoms with E-state index < -0.39 is 0 Å². The number of anilines is 2. The largest absolute Gasteiger partial charge is 0.363 e. The predicted molar refractivity (Wildman–Crippen MR) is 96.4 cm³/mol. The molecule has 7 nitrogen and oxygen atoms in total. The first-order chi connectivity index (χ1) is 12.1. The number of nitrogens with zero attached hydrogens (tertiary/aromatic N) is 5. The minimum Gasteiger partial charge on any atom is -0.363 e. The van der Waals surface area contributed by atoms with Gasteiger partial charge in [0, 0.05) is 31.7 Å². The van der Waals surface area contributed by atoms with Gasteiger partial charge < -0.3 is 10.2 Å². The first-order valence-electron chi connectivity index (χ1n) is 8.43. The van der Waals surface area contributed by atoms with Crippen molar-refractivity contribution in [1.29, 1.82) is 0 Å². The molecule has 1 aromatic carbocycles. The van der Waals surface area contributed by atoms with Crippen LogP contribution in [-0.4, -0.2) is 32.2 Å². The third-order valence-corrected chi connectivity index (χ3v) is 4.66. The predicted octanol–water partition coefficient (Wildman–Crippen LogP) is 2.66. The van der Waals surface area contributed by atoms with Crippen LogP contribution in [0.2, 0.25) is 0 Å².